The zero-order valence-electron chi connectivity index (χ0n) is 23.7. The highest BCUT2D eigenvalue weighted by Gasteiger charge is 2.41. The number of amides is 1. The van der Waals surface area contributed by atoms with Crippen molar-refractivity contribution >= 4 is 29.1 Å². The molecule has 2 saturated carbocycles. The molecule has 0 saturated heterocycles. The number of pyridine rings is 1. The summed E-state index contributed by atoms with van der Waals surface area (Å²) in [5, 5.41) is 2.61. The fourth-order valence-corrected chi connectivity index (χ4v) is 4.92. The molecule has 1 amide bonds. The van der Waals surface area contributed by atoms with E-state index in [1.807, 2.05) is 0 Å². The molecule has 11 heteroatoms. The van der Waals surface area contributed by atoms with Crippen LogP contribution in [0.25, 0.3) is 5.70 Å². The fourth-order valence-electron chi connectivity index (χ4n) is 4.92. The lowest BCUT2D eigenvalue weighted by atomic mass is 9.84. The van der Waals surface area contributed by atoms with Crippen molar-refractivity contribution in [2.45, 2.75) is 109 Å². The molecule has 40 heavy (non-hydrogen) atoms. The second-order valence-electron chi connectivity index (χ2n) is 11.6. The van der Waals surface area contributed by atoms with Crippen LogP contribution in [0.2, 0.25) is 0 Å². The van der Waals surface area contributed by atoms with E-state index in [4.69, 9.17) is 15.5 Å². The number of aromatic nitrogens is 1. The van der Waals surface area contributed by atoms with Gasteiger partial charge in [0.1, 0.15) is 11.4 Å². The molecule has 1 heterocycles. The summed E-state index contributed by atoms with van der Waals surface area (Å²) in [5.41, 5.74) is 7.20. The van der Waals surface area contributed by atoms with Gasteiger partial charge in [0.15, 0.2) is 0 Å². The van der Waals surface area contributed by atoms with Gasteiger partial charge in [0, 0.05) is 41.1 Å². The van der Waals surface area contributed by atoms with E-state index in [-0.39, 0.29) is 53.7 Å². The number of carbonyl (C=O) groups excluding carboxylic acids is 2. The van der Waals surface area contributed by atoms with Crippen LogP contribution in [0.15, 0.2) is 22.8 Å². The van der Waals surface area contributed by atoms with E-state index in [9.17, 15) is 27.2 Å². The van der Waals surface area contributed by atoms with E-state index in [0.29, 0.717) is 43.4 Å². The van der Waals surface area contributed by atoms with E-state index >= 15 is 0 Å². The van der Waals surface area contributed by atoms with Gasteiger partial charge in [0.25, 0.3) is 0 Å². The molecule has 7 nitrogen and oxygen atoms in total. The summed E-state index contributed by atoms with van der Waals surface area (Å²) < 4.78 is 60.7. The first-order chi connectivity index (χ1) is 18.7. The van der Waals surface area contributed by atoms with Crippen LogP contribution in [-0.4, -0.2) is 47.1 Å². The molecule has 2 atom stereocenters. The van der Waals surface area contributed by atoms with Crippen molar-refractivity contribution in [2.24, 2.45) is 16.6 Å². The van der Waals surface area contributed by atoms with Gasteiger partial charge in [0.05, 0.1) is 18.6 Å². The van der Waals surface area contributed by atoms with Gasteiger partial charge >= 0.3 is 12.1 Å². The molecule has 2 aliphatic carbocycles. The fraction of sp³-hybridized carbons (Fsp3) is 0.655. The predicted molar refractivity (Wildman–Crippen MR) is 147 cm³/mol. The number of hydrogen-bond donors (Lipinski definition) is 2. The summed E-state index contributed by atoms with van der Waals surface area (Å²) in [6.45, 7) is 5.68. The molecule has 1 aromatic rings. The van der Waals surface area contributed by atoms with Crippen LogP contribution in [0.1, 0.15) is 103 Å². The molecule has 0 radical (unpaired) electrons. The van der Waals surface area contributed by atoms with Gasteiger partial charge in [-0.05, 0) is 84.3 Å². The lowest BCUT2D eigenvalue weighted by Gasteiger charge is -2.26. The number of carbonyl (C=O) groups is 2. The summed E-state index contributed by atoms with van der Waals surface area (Å²) in [4.78, 5) is 33.6. The monoisotopic (exact) mass is 568 g/mol. The van der Waals surface area contributed by atoms with Crippen LogP contribution in [0, 0.1) is 5.92 Å². The van der Waals surface area contributed by atoms with Crippen LogP contribution in [0.4, 0.5) is 23.4 Å². The number of aliphatic imine (C=N–C) groups is 1. The second kappa shape index (κ2) is 13.1. The molecular formula is C29H40F4N4O3. The van der Waals surface area contributed by atoms with Gasteiger partial charge in [-0.25, -0.2) is 4.98 Å². The first-order valence-electron chi connectivity index (χ1n) is 13.9. The van der Waals surface area contributed by atoms with Crippen LogP contribution >= 0.6 is 0 Å². The standard InChI is InChI=1S/C29H40F4N4O3/c1-17(29(31,32)33)24-21(14-16-35-26(24)37-27(39)18-7-5-8-18)25(34)20-9-6-10-22(20)36-19(13-15-30)11-12-23(38)40-28(2,3)4/h14,16-19H,5-13,15,34H2,1-4H3,(H,35,37,39)/b25-20-,36-22?. The third-order valence-electron chi connectivity index (χ3n) is 7.32. The Kier molecular flexibility index (Phi) is 10.3. The Hall–Kier alpha value is -2.98. The van der Waals surface area contributed by atoms with Crippen molar-refractivity contribution in [1.29, 1.82) is 0 Å². The predicted octanol–water partition coefficient (Wildman–Crippen LogP) is 6.63. The van der Waals surface area contributed by atoms with Crippen molar-refractivity contribution < 1.29 is 31.9 Å². The number of nitrogens with zero attached hydrogens (tertiary/aromatic N) is 2. The smallest absolute Gasteiger partial charge is 0.395 e. The minimum absolute atomic E-state index is 0.0644. The van der Waals surface area contributed by atoms with Crippen molar-refractivity contribution in [1.82, 2.24) is 4.98 Å². The van der Waals surface area contributed by atoms with Crippen LogP contribution in [0.3, 0.4) is 0 Å². The van der Waals surface area contributed by atoms with Crippen LogP contribution < -0.4 is 11.1 Å². The molecule has 1 aromatic heterocycles. The lowest BCUT2D eigenvalue weighted by molar-refractivity contribution is -0.155. The SMILES string of the molecule is CC(c1c(/C(N)=C2\CCCC2=NC(CCF)CCC(=O)OC(C)(C)C)ccnc1NC(=O)C1CCC1)C(F)(F)F. The summed E-state index contributed by atoms with van der Waals surface area (Å²) in [5.74, 6) is -3.08. The van der Waals surface area contributed by atoms with E-state index in [2.05, 4.69) is 10.3 Å². The number of rotatable bonds is 10. The van der Waals surface area contributed by atoms with E-state index in [1.165, 1.54) is 12.3 Å². The van der Waals surface area contributed by atoms with Gasteiger partial charge < -0.3 is 15.8 Å². The Morgan fingerprint density at radius 3 is 2.45 bits per heavy atom. The largest absolute Gasteiger partial charge is 0.460 e. The van der Waals surface area contributed by atoms with E-state index in [1.54, 1.807) is 20.8 Å². The Labute approximate surface area is 233 Å². The van der Waals surface area contributed by atoms with E-state index < -0.39 is 36.4 Å². The number of ether oxygens (including phenoxy) is 1. The molecule has 3 rings (SSSR count). The van der Waals surface area contributed by atoms with Gasteiger partial charge in [-0.3, -0.25) is 19.0 Å². The maximum atomic E-state index is 14.0. The third kappa shape index (κ3) is 8.27. The Morgan fingerprint density at radius 2 is 1.88 bits per heavy atom. The van der Waals surface area contributed by atoms with Crippen molar-refractivity contribution in [3.8, 4) is 0 Å². The molecule has 2 aliphatic rings. The summed E-state index contributed by atoms with van der Waals surface area (Å²) >= 11 is 0. The number of nitrogens with two attached hydrogens (primary N) is 1. The number of nitrogens with one attached hydrogen (secondary N) is 1. The maximum absolute atomic E-state index is 14.0. The summed E-state index contributed by atoms with van der Waals surface area (Å²) in [7, 11) is 0. The zero-order chi connectivity index (χ0) is 29.7. The molecule has 0 aliphatic heterocycles. The minimum Gasteiger partial charge on any atom is -0.460 e. The van der Waals surface area contributed by atoms with Gasteiger partial charge in [-0.15, -0.1) is 0 Å². The van der Waals surface area contributed by atoms with E-state index in [0.717, 1.165) is 13.3 Å². The zero-order valence-corrected chi connectivity index (χ0v) is 23.7. The number of esters is 1. The highest BCUT2D eigenvalue weighted by Crippen LogP contribution is 2.42. The van der Waals surface area contributed by atoms with Gasteiger partial charge in [0.2, 0.25) is 5.91 Å². The number of halogens is 4. The first kappa shape index (κ1) is 31.5. The summed E-state index contributed by atoms with van der Waals surface area (Å²) in [6, 6.07) is 0.924. The Bertz CT molecular complexity index is 1140. The second-order valence-corrected chi connectivity index (χ2v) is 11.6. The lowest BCUT2D eigenvalue weighted by Crippen LogP contribution is -2.30. The van der Waals surface area contributed by atoms with Gasteiger partial charge in [-0.1, -0.05) is 6.42 Å². The van der Waals surface area contributed by atoms with Crippen molar-refractivity contribution in [3.63, 3.8) is 0 Å². The molecule has 0 bridgehead atoms. The number of hydrogen-bond acceptors (Lipinski definition) is 6. The average molecular weight is 569 g/mol. The molecule has 3 N–H and O–H groups in total. The quantitative estimate of drug-likeness (QED) is 0.243. The normalized spacial score (nSPS) is 20.1. The minimum atomic E-state index is -4.60. The molecule has 2 fully saturated rings. The molecule has 2 unspecified atom stereocenters. The first-order valence-corrected chi connectivity index (χ1v) is 13.9. The third-order valence-corrected chi connectivity index (χ3v) is 7.32. The van der Waals surface area contributed by atoms with Gasteiger partial charge in [-0.2, -0.15) is 13.2 Å². The summed E-state index contributed by atoms with van der Waals surface area (Å²) in [6.07, 6.45) is 1.17. The topological polar surface area (TPSA) is 107 Å². The molecule has 0 spiro atoms. The highest BCUT2D eigenvalue weighted by molar-refractivity contribution is 6.08. The molecule has 0 aromatic carbocycles. The number of alkyl halides is 4. The Morgan fingerprint density at radius 1 is 1.18 bits per heavy atom. The Balaban J connectivity index is 1.96. The number of allylic oxidation sites excluding steroid dienone is 1. The number of anilines is 1. The highest BCUT2D eigenvalue weighted by atomic mass is 19.4. The molecular weight excluding hydrogens is 528 g/mol. The maximum Gasteiger partial charge on any atom is 0.395 e. The van der Waals surface area contributed by atoms with Crippen molar-refractivity contribution in [2.75, 3.05) is 12.0 Å². The van der Waals surface area contributed by atoms with Crippen molar-refractivity contribution in [3.05, 3.63) is 29.0 Å². The molecule has 222 valence electrons. The van der Waals surface area contributed by atoms with Crippen LogP contribution in [0.5, 0.6) is 0 Å². The van der Waals surface area contributed by atoms with Crippen LogP contribution in [-0.2, 0) is 14.3 Å². The average Bonchev–Trinajstić information content (AvgIpc) is 3.27.